The number of aromatic amines is 1. The van der Waals surface area contributed by atoms with Crippen LogP contribution < -0.4 is 40.3 Å². The number of methoxy groups -OCH3 is 4. The van der Waals surface area contributed by atoms with E-state index in [9.17, 15) is 14.4 Å². The van der Waals surface area contributed by atoms with Gasteiger partial charge in [0.25, 0.3) is 0 Å². The molecule has 2 aliphatic carbocycles. The van der Waals surface area contributed by atoms with E-state index in [4.69, 9.17) is 18.9 Å². The van der Waals surface area contributed by atoms with Gasteiger partial charge in [-0.3, -0.25) is 14.4 Å². The molecule has 0 aliphatic heterocycles. The van der Waals surface area contributed by atoms with Crippen molar-refractivity contribution < 1.29 is 28.5 Å². The molecule has 11 heteroatoms. The highest BCUT2D eigenvalue weighted by molar-refractivity contribution is 5.89. The molecular weight excluding hydrogens is 636 g/mol. The fourth-order valence-electron chi connectivity index (χ4n) is 7.50. The second-order valence-corrected chi connectivity index (χ2v) is 13.3. The number of benzene rings is 2. The summed E-state index contributed by atoms with van der Waals surface area (Å²) >= 11 is 0. The maximum absolute atomic E-state index is 14.0. The zero-order valence-corrected chi connectivity index (χ0v) is 29.7. The molecule has 0 spiro atoms. The monoisotopic (exact) mass is 682 g/mol. The Morgan fingerprint density at radius 3 is 2.32 bits per heavy atom. The standard InChI is InChI=1S/C39H46N4O7/c1-20(2)35(39(46)43-31-10-8-9-25-26-18-23(47-4)12-15-29(26)41-36(25)31)42-30-16-13-24-27(19-32(30)45)28(40-21(3)44)14-11-22-17-33(48-5)37(49-6)38(50-7)34(22)24/h12-13,15-20,28,31,35,41H,8-11,14H2,1-7H3,(H,40,44)(H,42,45)(H,43,46)/t28-,31?,35-/m0/s1. The predicted molar refractivity (Wildman–Crippen MR) is 194 cm³/mol. The van der Waals surface area contributed by atoms with Gasteiger partial charge in [-0.2, -0.15) is 0 Å². The average Bonchev–Trinajstić information content (AvgIpc) is 3.32. The number of nitrogens with one attached hydrogen (secondary N) is 4. The number of aromatic nitrogens is 1. The number of hydrogen-bond acceptors (Lipinski definition) is 8. The van der Waals surface area contributed by atoms with Crippen molar-refractivity contribution in [2.45, 2.75) is 71.0 Å². The van der Waals surface area contributed by atoms with Crippen molar-refractivity contribution >= 4 is 28.4 Å². The minimum Gasteiger partial charge on any atom is -0.497 e. The molecule has 2 amide bonds. The van der Waals surface area contributed by atoms with Gasteiger partial charge in [0.1, 0.15) is 11.8 Å². The van der Waals surface area contributed by atoms with Crippen molar-refractivity contribution in [2.24, 2.45) is 5.92 Å². The first-order valence-electron chi connectivity index (χ1n) is 17.1. The maximum Gasteiger partial charge on any atom is 0.243 e. The molecule has 2 aliphatic rings. The minimum absolute atomic E-state index is 0.141. The fourth-order valence-corrected chi connectivity index (χ4v) is 7.50. The van der Waals surface area contributed by atoms with Gasteiger partial charge in [-0.1, -0.05) is 19.9 Å². The molecule has 264 valence electrons. The van der Waals surface area contributed by atoms with Crippen molar-refractivity contribution in [2.75, 3.05) is 33.8 Å². The first-order chi connectivity index (χ1) is 24.1. The molecule has 1 unspecified atom stereocenters. The van der Waals surface area contributed by atoms with Crippen LogP contribution in [0.15, 0.2) is 47.3 Å². The van der Waals surface area contributed by atoms with E-state index in [2.05, 4.69) is 20.9 Å². The SMILES string of the molecule is COc1ccc2[nH]c3c(c2c1)CCCC3NC(=O)[C@@H](Nc1ccc2c(cc1=O)[C@@H](NC(C)=O)CCc1cc(OC)c(OC)c(OC)c1-2)C(C)C. The Bertz CT molecular complexity index is 2000. The van der Waals surface area contributed by atoms with Gasteiger partial charge < -0.3 is 39.9 Å². The van der Waals surface area contributed by atoms with Gasteiger partial charge in [0.2, 0.25) is 23.0 Å². The zero-order valence-electron chi connectivity index (χ0n) is 29.7. The van der Waals surface area contributed by atoms with E-state index in [1.165, 1.54) is 12.5 Å². The number of fused-ring (bicyclic) bond motifs is 6. The molecule has 11 nitrogen and oxygen atoms in total. The Kier molecular flexibility index (Phi) is 9.95. The Balaban J connectivity index is 1.37. The molecule has 0 fully saturated rings. The van der Waals surface area contributed by atoms with Crippen LogP contribution >= 0.6 is 0 Å². The van der Waals surface area contributed by atoms with Gasteiger partial charge in [-0.25, -0.2) is 0 Å². The highest BCUT2D eigenvalue weighted by atomic mass is 16.5. The zero-order chi connectivity index (χ0) is 35.7. The summed E-state index contributed by atoms with van der Waals surface area (Å²) in [7, 11) is 6.34. The van der Waals surface area contributed by atoms with Crippen molar-refractivity contribution in [3.63, 3.8) is 0 Å². The van der Waals surface area contributed by atoms with E-state index in [0.29, 0.717) is 35.7 Å². The summed E-state index contributed by atoms with van der Waals surface area (Å²) in [5.74, 6) is 1.68. The Hall–Kier alpha value is -5.19. The third-order valence-electron chi connectivity index (χ3n) is 9.91. The lowest BCUT2D eigenvalue weighted by molar-refractivity contribution is -0.123. The lowest BCUT2D eigenvalue weighted by Gasteiger charge is -2.28. The summed E-state index contributed by atoms with van der Waals surface area (Å²) in [4.78, 5) is 43.9. The molecular formula is C39H46N4O7. The molecule has 50 heavy (non-hydrogen) atoms. The van der Waals surface area contributed by atoms with Crippen LogP contribution in [0.5, 0.6) is 23.0 Å². The summed E-state index contributed by atoms with van der Waals surface area (Å²) in [6.45, 7) is 5.37. The van der Waals surface area contributed by atoms with E-state index in [-0.39, 0.29) is 34.9 Å². The molecule has 3 aromatic carbocycles. The Labute approximate surface area is 292 Å². The topological polar surface area (TPSA) is 140 Å². The van der Waals surface area contributed by atoms with Gasteiger partial charge in [0.15, 0.2) is 11.5 Å². The first-order valence-corrected chi connectivity index (χ1v) is 17.1. The highest BCUT2D eigenvalue weighted by Gasteiger charge is 2.32. The van der Waals surface area contributed by atoms with Crippen LogP contribution in [0, 0.1) is 5.92 Å². The lowest BCUT2D eigenvalue weighted by Crippen LogP contribution is -2.45. The number of aryl methyl sites for hydroxylation is 2. The number of amides is 2. The van der Waals surface area contributed by atoms with E-state index in [0.717, 1.165) is 58.3 Å². The van der Waals surface area contributed by atoms with Gasteiger partial charge >= 0.3 is 0 Å². The number of H-pyrrole nitrogens is 1. The number of ether oxygens (including phenoxy) is 4. The van der Waals surface area contributed by atoms with Crippen molar-refractivity contribution in [3.05, 3.63) is 75.1 Å². The van der Waals surface area contributed by atoms with Gasteiger partial charge in [0.05, 0.1) is 46.2 Å². The van der Waals surface area contributed by atoms with Crippen LogP contribution in [-0.2, 0) is 22.4 Å². The highest BCUT2D eigenvalue weighted by Crippen LogP contribution is 2.50. The van der Waals surface area contributed by atoms with Crippen LogP contribution in [0.3, 0.4) is 0 Å². The molecule has 1 heterocycles. The van der Waals surface area contributed by atoms with Crippen molar-refractivity contribution in [1.82, 2.24) is 15.6 Å². The van der Waals surface area contributed by atoms with Crippen LogP contribution in [0.2, 0.25) is 0 Å². The first kappa shape index (κ1) is 34.7. The van der Waals surface area contributed by atoms with Gasteiger partial charge in [0, 0.05) is 29.1 Å². The third-order valence-corrected chi connectivity index (χ3v) is 9.91. The quantitative estimate of drug-likeness (QED) is 0.160. The second-order valence-electron chi connectivity index (χ2n) is 13.3. The minimum atomic E-state index is -0.697. The number of rotatable bonds is 10. The van der Waals surface area contributed by atoms with Crippen LogP contribution in [0.4, 0.5) is 5.69 Å². The van der Waals surface area contributed by atoms with E-state index in [1.807, 2.05) is 44.2 Å². The molecule has 0 radical (unpaired) electrons. The van der Waals surface area contributed by atoms with Crippen LogP contribution in [0.1, 0.15) is 74.5 Å². The molecule has 4 aromatic rings. The van der Waals surface area contributed by atoms with E-state index >= 15 is 0 Å². The molecule has 6 rings (SSSR count). The number of carbonyl (C=O) groups excluding carboxylic acids is 2. The van der Waals surface area contributed by atoms with Gasteiger partial charge in [-0.15, -0.1) is 0 Å². The Morgan fingerprint density at radius 2 is 1.64 bits per heavy atom. The van der Waals surface area contributed by atoms with Crippen LogP contribution in [-0.4, -0.2) is 51.3 Å². The van der Waals surface area contributed by atoms with E-state index < -0.39 is 12.1 Å². The maximum atomic E-state index is 14.0. The second kappa shape index (κ2) is 14.3. The number of carbonyl (C=O) groups is 2. The van der Waals surface area contributed by atoms with E-state index in [1.54, 1.807) is 40.6 Å². The molecule has 3 atom stereocenters. The summed E-state index contributed by atoms with van der Waals surface area (Å²) in [5, 5.41) is 10.7. The van der Waals surface area contributed by atoms with Gasteiger partial charge in [-0.05, 0) is 96.7 Å². The lowest BCUT2D eigenvalue weighted by atomic mass is 9.91. The third kappa shape index (κ3) is 6.44. The summed E-state index contributed by atoms with van der Waals surface area (Å²) in [5.41, 5.74) is 6.26. The molecule has 0 saturated carbocycles. The smallest absolute Gasteiger partial charge is 0.243 e. The van der Waals surface area contributed by atoms with Crippen molar-refractivity contribution in [3.8, 4) is 34.1 Å². The Morgan fingerprint density at radius 1 is 0.860 bits per heavy atom. The summed E-state index contributed by atoms with van der Waals surface area (Å²) in [6.07, 6.45) is 3.79. The molecule has 0 saturated heterocycles. The summed E-state index contributed by atoms with van der Waals surface area (Å²) in [6, 6.07) is 11.7. The van der Waals surface area contributed by atoms with Crippen LogP contribution in [0.25, 0.3) is 22.0 Å². The predicted octanol–water partition coefficient (Wildman–Crippen LogP) is 5.98. The fraction of sp³-hybridized carbons (Fsp3) is 0.410. The number of hydrogen-bond donors (Lipinski definition) is 4. The normalized spacial score (nSPS) is 17.0. The van der Waals surface area contributed by atoms with Crippen molar-refractivity contribution in [1.29, 1.82) is 0 Å². The number of anilines is 1. The average molecular weight is 683 g/mol. The summed E-state index contributed by atoms with van der Waals surface area (Å²) < 4.78 is 22.7. The largest absolute Gasteiger partial charge is 0.497 e. The molecule has 1 aromatic heterocycles. The molecule has 4 N–H and O–H groups in total. The molecule has 0 bridgehead atoms.